The molecule has 3 rings (SSSR count). The van der Waals surface area contributed by atoms with E-state index in [0.29, 0.717) is 30.0 Å². The predicted molar refractivity (Wildman–Crippen MR) is 99.9 cm³/mol. The van der Waals surface area contributed by atoms with Gasteiger partial charge in [-0.2, -0.15) is 4.31 Å². The third-order valence-electron chi connectivity index (χ3n) is 5.52. The second-order valence-corrected chi connectivity index (χ2v) is 9.22. The minimum absolute atomic E-state index is 0.0450. The van der Waals surface area contributed by atoms with Crippen LogP contribution >= 0.6 is 0 Å². The lowest BCUT2D eigenvalue weighted by Gasteiger charge is -2.21. The molecule has 0 saturated carbocycles. The molecule has 1 aromatic rings. The Hall–Kier alpha value is -1.92. The van der Waals surface area contributed by atoms with Gasteiger partial charge in [-0.25, -0.2) is 13.2 Å². The van der Waals surface area contributed by atoms with E-state index in [1.165, 1.54) is 7.11 Å². The van der Waals surface area contributed by atoms with E-state index in [2.05, 4.69) is 6.58 Å². The van der Waals surface area contributed by atoms with Crippen LogP contribution in [-0.4, -0.2) is 38.9 Å². The van der Waals surface area contributed by atoms with Gasteiger partial charge < -0.3 is 4.74 Å². The highest BCUT2D eigenvalue weighted by atomic mass is 32.2. The largest absolute Gasteiger partial charge is 0.466 e. The number of allylic oxidation sites excluding steroid dienone is 1. The van der Waals surface area contributed by atoms with Crippen LogP contribution in [0.3, 0.4) is 0 Å². The molecule has 1 aliphatic carbocycles. The summed E-state index contributed by atoms with van der Waals surface area (Å²) in [6.07, 6.45) is 2.36. The number of esters is 1. The number of ether oxygens (including phenoxy) is 1. The zero-order valence-corrected chi connectivity index (χ0v) is 16.3. The SMILES string of the molecule is C=C1CC(C(=O)OC)=C[C@@H](C)[C@@H]2CN(S(=O)(=O)c3ccc(C)cc3)C[C@H]12. The first-order valence-electron chi connectivity index (χ1n) is 8.77. The van der Waals surface area contributed by atoms with Crippen LogP contribution < -0.4 is 0 Å². The van der Waals surface area contributed by atoms with E-state index in [9.17, 15) is 13.2 Å². The molecule has 6 heteroatoms. The Morgan fingerprint density at radius 3 is 2.50 bits per heavy atom. The molecule has 1 fully saturated rings. The van der Waals surface area contributed by atoms with Crippen molar-refractivity contribution in [3.05, 3.63) is 53.6 Å². The van der Waals surface area contributed by atoms with Crippen LogP contribution in [0.1, 0.15) is 18.9 Å². The average Bonchev–Trinajstić information content (AvgIpc) is 3.03. The normalized spacial score (nSPS) is 26.8. The number of methoxy groups -OCH3 is 1. The summed E-state index contributed by atoms with van der Waals surface area (Å²) in [6, 6.07) is 6.95. The fraction of sp³-hybridized carbons (Fsp3) is 0.450. The van der Waals surface area contributed by atoms with Gasteiger partial charge >= 0.3 is 5.97 Å². The second kappa shape index (κ2) is 7.00. The molecular weight excluding hydrogens is 350 g/mol. The maximum atomic E-state index is 13.0. The number of fused-ring (bicyclic) bond motifs is 1. The number of carbonyl (C=O) groups is 1. The van der Waals surface area contributed by atoms with Crippen LogP contribution in [0.5, 0.6) is 0 Å². The number of nitrogens with zero attached hydrogens (tertiary/aromatic N) is 1. The first kappa shape index (κ1) is 18.9. The summed E-state index contributed by atoms with van der Waals surface area (Å²) in [6.45, 7) is 8.96. The number of aryl methyl sites for hydroxylation is 1. The van der Waals surface area contributed by atoms with Gasteiger partial charge in [0, 0.05) is 25.1 Å². The first-order valence-corrected chi connectivity index (χ1v) is 10.2. The number of hydrogen-bond donors (Lipinski definition) is 0. The summed E-state index contributed by atoms with van der Waals surface area (Å²) in [5, 5.41) is 0. The molecular formula is C20H25NO4S. The van der Waals surface area contributed by atoms with Crippen LogP contribution in [0.15, 0.2) is 53.0 Å². The molecule has 0 amide bonds. The van der Waals surface area contributed by atoms with Gasteiger partial charge in [-0.05, 0) is 36.8 Å². The van der Waals surface area contributed by atoms with E-state index >= 15 is 0 Å². The van der Waals surface area contributed by atoms with Crippen molar-refractivity contribution in [1.29, 1.82) is 0 Å². The van der Waals surface area contributed by atoms with E-state index < -0.39 is 10.0 Å². The highest BCUT2D eigenvalue weighted by Gasteiger charge is 2.43. The Kier molecular flexibility index (Phi) is 5.08. The third-order valence-corrected chi connectivity index (χ3v) is 7.37. The van der Waals surface area contributed by atoms with Gasteiger partial charge in [0.05, 0.1) is 12.0 Å². The number of carbonyl (C=O) groups excluding carboxylic acids is 1. The van der Waals surface area contributed by atoms with Gasteiger partial charge in [0.2, 0.25) is 10.0 Å². The molecule has 0 aromatic heterocycles. The molecule has 3 atom stereocenters. The van der Waals surface area contributed by atoms with E-state index in [1.807, 2.05) is 32.1 Å². The number of rotatable bonds is 3. The highest BCUT2D eigenvalue weighted by molar-refractivity contribution is 7.89. The van der Waals surface area contributed by atoms with Crippen LogP contribution in [0.2, 0.25) is 0 Å². The van der Waals surface area contributed by atoms with E-state index in [1.54, 1.807) is 16.4 Å². The lowest BCUT2D eigenvalue weighted by atomic mass is 9.83. The van der Waals surface area contributed by atoms with E-state index in [-0.39, 0.29) is 23.7 Å². The molecule has 1 saturated heterocycles. The van der Waals surface area contributed by atoms with Crippen LogP contribution in [-0.2, 0) is 19.6 Å². The summed E-state index contributed by atoms with van der Waals surface area (Å²) in [5.41, 5.74) is 2.54. The zero-order valence-electron chi connectivity index (χ0n) is 15.4. The highest BCUT2D eigenvalue weighted by Crippen LogP contribution is 2.42. The number of sulfonamides is 1. The smallest absolute Gasteiger partial charge is 0.333 e. The summed E-state index contributed by atoms with van der Waals surface area (Å²) in [4.78, 5) is 12.3. The monoisotopic (exact) mass is 375 g/mol. The molecule has 5 nitrogen and oxygen atoms in total. The Bertz CT molecular complexity index is 854. The Balaban J connectivity index is 1.87. The van der Waals surface area contributed by atoms with Crippen molar-refractivity contribution in [2.45, 2.75) is 25.2 Å². The van der Waals surface area contributed by atoms with Crippen molar-refractivity contribution in [2.24, 2.45) is 17.8 Å². The Morgan fingerprint density at radius 2 is 1.88 bits per heavy atom. The predicted octanol–water partition coefficient (Wildman–Crippen LogP) is 2.93. The molecule has 0 unspecified atom stereocenters. The van der Waals surface area contributed by atoms with E-state index in [4.69, 9.17) is 4.74 Å². The summed E-state index contributed by atoms with van der Waals surface area (Å²) >= 11 is 0. The summed E-state index contributed by atoms with van der Waals surface area (Å²) in [5.74, 6) is -0.0952. The fourth-order valence-electron chi connectivity index (χ4n) is 3.96. The standard InChI is InChI=1S/C20H25NO4S/c1-13-5-7-17(8-6-13)26(23,24)21-11-18-14(2)9-16(20(22)25-4)10-15(3)19(18)12-21/h5-8,10,15,18-19H,2,9,11-12H2,1,3-4H3/t15-,18-,19+/m1/s1. The molecule has 2 aliphatic rings. The lowest BCUT2D eigenvalue weighted by Crippen LogP contribution is -2.30. The van der Waals surface area contributed by atoms with Crippen molar-refractivity contribution >= 4 is 16.0 Å². The van der Waals surface area contributed by atoms with Gasteiger partial charge in [-0.3, -0.25) is 0 Å². The van der Waals surface area contributed by atoms with Gasteiger partial charge in [-0.1, -0.05) is 42.8 Å². The molecule has 1 aromatic carbocycles. The quantitative estimate of drug-likeness (QED) is 0.602. The van der Waals surface area contributed by atoms with Gasteiger partial charge in [0.1, 0.15) is 0 Å². The summed E-state index contributed by atoms with van der Waals surface area (Å²) in [7, 11) is -2.15. The number of hydrogen-bond acceptors (Lipinski definition) is 4. The topological polar surface area (TPSA) is 63.7 Å². The van der Waals surface area contributed by atoms with Gasteiger partial charge in [-0.15, -0.1) is 0 Å². The molecule has 1 aliphatic heterocycles. The molecule has 0 N–H and O–H groups in total. The average molecular weight is 375 g/mol. The minimum atomic E-state index is -3.53. The van der Waals surface area contributed by atoms with Crippen molar-refractivity contribution in [3.8, 4) is 0 Å². The second-order valence-electron chi connectivity index (χ2n) is 7.28. The third kappa shape index (κ3) is 3.35. The number of benzene rings is 1. The van der Waals surface area contributed by atoms with Gasteiger partial charge in [0.15, 0.2) is 0 Å². The molecule has 140 valence electrons. The lowest BCUT2D eigenvalue weighted by molar-refractivity contribution is -0.136. The van der Waals surface area contributed by atoms with Crippen molar-refractivity contribution in [3.63, 3.8) is 0 Å². The fourth-order valence-corrected chi connectivity index (χ4v) is 5.46. The molecule has 1 heterocycles. The first-order chi connectivity index (χ1) is 12.2. The van der Waals surface area contributed by atoms with Crippen molar-refractivity contribution in [2.75, 3.05) is 20.2 Å². The Labute approximate surface area is 155 Å². The molecule has 26 heavy (non-hydrogen) atoms. The minimum Gasteiger partial charge on any atom is -0.466 e. The molecule has 0 bridgehead atoms. The van der Waals surface area contributed by atoms with Crippen LogP contribution in [0, 0.1) is 24.7 Å². The van der Waals surface area contributed by atoms with Crippen molar-refractivity contribution < 1.29 is 17.9 Å². The Morgan fingerprint density at radius 1 is 1.23 bits per heavy atom. The van der Waals surface area contributed by atoms with Crippen LogP contribution in [0.4, 0.5) is 0 Å². The van der Waals surface area contributed by atoms with E-state index in [0.717, 1.165) is 11.1 Å². The van der Waals surface area contributed by atoms with Crippen LogP contribution in [0.25, 0.3) is 0 Å². The maximum absolute atomic E-state index is 13.0. The zero-order chi connectivity index (χ0) is 19.1. The molecule has 0 spiro atoms. The summed E-state index contributed by atoms with van der Waals surface area (Å²) < 4.78 is 32.4. The van der Waals surface area contributed by atoms with Gasteiger partial charge in [0.25, 0.3) is 0 Å². The molecule has 0 radical (unpaired) electrons. The maximum Gasteiger partial charge on any atom is 0.333 e. The van der Waals surface area contributed by atoms with Crippen molar-refractivity contribution in [1.82, 2.24) is 4.31 Å².